The van der Waals surface area contributed by atoms with Crippen molar-refractivity contribution in [2.24, 2.45) is 12.0 Å². The molecule has 1 atom stereocenters. The van der Waals surface area contributed by atoms with Gasteiger partial charge in [-0.25, -0.2) is 0 Å². The van der Waals surface area contributed by atoms with Crippen molar-refractivity contribution in [3.05, 3.63) is 53.3 Å². The summed E-state index contributed by atoms with van der Waals surface area (Å²) in [7, 11) is 1.94. The van der Waals surface area contributed by atoms with E-state index in [0.29, 0.717) is 6.61 Å². The molecular weight excluding hydrogens is 390 g/mol. The third-order valence-electron chi connectivity index (χ3n) is 6.50. The minimum absolute atomic E-state index is 0.0136. The van der Waals surface area contributed by atoms with E-state index in [2.05, 4.69) is 53.4 Å². The van der Waals surface area contributed by atoms with Crippen LogP contribution < -0.4 is 5.32 Å². The highest BCUT2D eigenvalue weighted by Crippen LogP contribution is 2.37. The number of rotatable bonds is 5. The highest BCUT2D eigenvalue weighted by molar-refractivity contribution is 5.80. The fourth-order valence-electron chi connectivity index (χ4n) is 4.74. The van der Waals surface area contributed by atoms with E-state index in [9.17, 15) is 0 Å². The number of hydrogen-bond acceptors (Lipinski definition) is 4. The Morgan fingerprint density at radius 1 is 1.26 bits per heavy atom. The average Bonchev–Trinajstić information content (AvgIpc) is 3.24. The maximum atomic E-state index is 6.04. The molecule has 2 aliphatic heterocycles. The van der Waals surface area contributed by atoms with E-state index in [1.165, 1.54) is 11.1 Å². The molecule has 0 amide bonds. The zero-order chi connectivity index (χ0) is 21.7. The number of nitrogens with zero attached hydrogens (tertiary/aromatic N) is 4. The second kappa shape index (κ2) is 9.83. The lowest BCUT2D eigenvalue weighted by atomic mass is 9.72. The molecule has 1 aromatic carbocycles. The Balaban J connectivity index is 1.56. The van der Waals surface area contributed by atoms with Gasteiger partial charge < -0.3 is 19.7 Å². The summed E-state index contributed by atoms with van der Waals surface area (Å²) in [5.41, 5.74) is 3.89. The number of guanidine groups is 1. The van der Waals surface area contributed by atoms with Crippen LogP contribution in [-0.2, 0) is 21.9 Å². The average molecular weight is 426 g/mol. The largest absolute Gasteiger partial charge is 0.381 e. The zero-order valence-electron chi connectivity index (χ0n) is 19.0. The third-order valence-corrected chi connectivity index (χ3v) is 6.50. The van der Waals surface area contributed by atoms with Gasteiger partial charge in [0.25, 0.3) is 0 Å². The van der Waals surface area contributed by atoms with Gasteiger partial charge in [-0.2, -0.15) is 5.10 Å². The first-order valence-corrected chi connectivity index (χ1v) is 11.4. The van der Waals surface area contributed by atoms with Gasteiger partial charge in [-0.15, -0.1) is 0 Å². The maximum Gasteiger partial charge on any atom is 0.194 e. The monoisotopic (exact) mass is 425 g/mol. The first-order valence-electron chi connectivity index (χ1n) is 11.4. The van der Waals surface area contributed by atoms with Crippen molar-refractivity contribution in [3.63, 3.8) is 0 Å². The third kappa shape index (κ3) is 4.93. The van der Waals surface area contributed by atoms with Crippen LogP contribution in [0.25, 0.3) is 0 Å². The molecule has 0 saturated carbocycles. The smallest absolute Gasteiger partial charge is 0.194 e. The van der Waals surface area contributed by atoms with Crippen molar-refractivity contribution >= 4 is 5.96 Å². The minimum atomic E-state index is 0.0136. The summed E-state index contributed by atoms with van der Waals surface area (Å²) >= 11 is 0. The summed E-state index contributed by atoms with van der Waals surface area (Å²) in [5.74, 6) is 0.971. The van der Waals surface area contributed by atoms with E-state index in [0.717, 1.165) is 63.8 Å². The molecule has 0 spiro atoms. The molecule has 4 rings (SSSR count). The predicted molar refractivity (Wildman–Crippen MR) is 122 cm³/mol. The number of aryl methyl sites for hydroxylation is 2. The fraction of sp³-hybridized carbons (Fsp3) is 0.583. The van der Waals surface area contributed by atoms with Crippen LogP contribution in [0, 0.1) is 6.92 Å². The van der Waals surface area contributed by atoms with Gasteiger partial charge in [0, 0.05) is 50.5 Å². The summed E-state index contributed by atoms with van der Waals surface area (Å²) in [6, 6.07) is 8.75. The molecular formula is C24H35N5O2. The van der Waals surface area contributed by atoms with Gasteiger partial charge in [0.1, 0.15) is 6.10 Å². The molecule has 1 aromatic heterocycles. The van der Waals surface area contributed by atoms with Crippen LogP contribution in [0.1, 0.15) is 42.6 Å². The fourth-order valence-corrected chi connectivity index (χ4v) is 4.74. The molecule has 2 aromatic rings. The first-order chi connectivity index (χ1) is 15.1. The van der Waals surface area contributed by atoms with Crippen LogP contribution in [0.3, 0.4) is 0 Å². The zero-order valence-corrected chi connectivity index (χ0v) is 19.0. The molecule has 0 radical (unpaired) electrons. The molecule has 1 unspecified atom stereocenters. The number of ether oxygens (including phenoxy) is 2. The van der Waals surface area contributed by atoms with Gasteiger partial charge in [0.05, 0.1) is 25.9 Å². The van der Waals surface area contributed by atoms with Crippen molar-refractivity contribution < 1.29 is 9.47 Å². The molecule has 168 valence electrons. The van der Waals surface area contributed by atoms with E-state index in [1.54, 1.807) is 0 Å². The lowest BCUT2D eigenvalue weighted by Crippen LogP contribution is -2.49. The van der Waals surface area contributed by atoms with Gasteiger partial charge in [0.2, 0.25) is 0 Å². The molecule has 3 heterocycles. The Morgan fingerprint density at radius 3 is 2.77 bits per heavy atom. The minimum Gasteiger partial charge on any atom is -0.381 e. The maximum absolute atomic E-state index is 6.04. The highest BCUT2D eigenvalue weighted by Gasteiger charge is 2.36. The van der Waals surface area contributed by atoms with Crippen LogP contribution in [0.15, 0.2) is 41.7 Å². The van der Waals surface area contributed by atoms with Gasteiger partial charge in [-0.05, 0) is 37.8 Å². The molecule has 2 aliphatic rings. The first kappa shape index (κ1) is 21.8. The standard InChI is InChI=1S/C24H35N5O2/c1-4-25-23(29-11-14-31-22(17-29)20-15-27-28(3)16-20)26-18-24(9-12-30-13-10-24)21-8-6-5-7-19(21)2/h5-8,15-16,22H,4,9-14,17-18H2,1-3H3,(H,25,26). The molecule has 0 bridgehead atoms. The van der Waals surface area contributed by atoms with Crippen LogP contribution in [-0.4, -0.2) is 66.6 Å². The van der Waals surface area contributed by atoms with Crippen molar-refractivity contribution in [3.8, 4) is 0 Å². The second-order valence-electron chi connectivity index (χ2n) is 8.63. The van der Waals surface area contributed by atoms with Crippen molar-refractivity contribution in [2.75, 3.05) is 46.0 Å². The molecule has 31 heavy (non-hydrogen) atoms. The molecule has 2 fully saturated rings. The summed E-state index contributed by atoms with van der Waals surface area (Å²) in [6.45, 7) is 9.82. The van der Waals surface area contributed by atoms with Crippen LogP contribution in [0.2, 0.25) is 0 Å². The van der Waals surface area contributed by atoms with Gasteiger partial charge in [-0.3, -0.25) is 9.67 Å². The summed E-state index contributed by atoms with van der Waals surface area (Å²) in [5, 5.41) is 7.83. The van der Waals surface area contributed by atoms with E-state index in [-0.39, 0.29) is 11.5 Å². The van der Waals surface area contributed by atoms with Gasteiger partial charge >= 0.3 is 0 Å². The van der Waals surface area contributed by atoms with Gasteiger partial charge in [0.15, 0.2) is 5.96 Å². The van der Waals surface area contributed by atoms with Gasteiger partial charge in [-0.1, -0.05) is 24.3 Å². The summed E-state index contributed by atoms with van der Waals surface area (Å²) in [6.07, 6.45) is 5.95. The van der Waals surface area contributed by atoms with E-state index in [4.69, 9.17) is 14.5 Å². The Bertz CT molecular complexity index is 888. The molecule has 7 nitrogen and oxygen atoms in total. The summed E-state index contributed by atoms with van der Waals surface area (Å²) < 4.78 is 13.6. The summed E-state index contributed by atoms with van der Waals surface area (Å²) in [4.78, 5) is 7.51. The van der Waals surface area contributed by atoms with Crippen LogP contribution in [0.4, 0.5) is 0 Å². The van der Waals surface area contributed by atoms with Crippen molar-refractivity contribution in [2.45, 2.75) is 38.2 Å². The van der Waals surface area contributed by atoms with Crippen molar-refractivity contribution in [1.82, 2.24) is 20.0 Å². The van der Waals surface area contributed by atoms with E-state index >= 15 is 0 Å². The van der Waals surface area contributed by atoms with Crippen LogP contribution >= 0.6 is 0 Å². The molecule has 2 saturated heterocycles. The number of morpholine rings is 1. The Labute approximate surface area is 185 Å². The van der Waals surface area contributed by atoms with E-state index in [1.807, 2.05) is 24.1 Å². The molecule has 1 N–H and O–H groups in total. The highest BCUT2D eigenvalue weighted by atomic mass is 16.5. The van der Waals surface area contributed by atoms with Crippen LogP contribution in [0.5, 0.6) is 0 Å². The molecule has 7 heteroatoms. The Hall–Kier alpha value is -2.38. The Kier molecular flexibility index (Phi) is 6.92. The topological polar surface area (TPSA) is 63.9 Å². The Morgan fingerprint density at radius 2 is 2.06 bits per heavy atom. The predicted octanol–water partition coefficient (Wildman–Crippen LogP) is 2.82. The van der Waals surface area contributed by atoms with E-state index < -0.39 is 0 Å². The lowest BCUT2D eigenvalue weighted by molar-refractivity contribution is -0.00816. The number of hydrogen-bond donors (Lipinski definition) is 1. The molecule has 0 aliphatic carbocycles. The lowest BCUT2D eigenvalue weighted by Gasteiger charge is -2.39. The number of benzene rings is 1. The quantitative estimate of drug-likeness (QED) is 0.590. The number of aliphatic imine (C=N–C) groups is 1. The normalized spacial score (nSPS) is 21.8. The van der Waals surface area contributed by atoms with Crippen molar-refractivity contribution in [1.29, 1.82) is 0 Å². The SMILES string of the molecule is CCNC(=NCC1(c2ccccc2C)CCOCC1)N1CCOC(c2cnn(C)c2)C1. The number of aromatic nitrogens is 2. The second-order valence-corrected chi connectivity index (χ2v) is 8.63. The number of nitrogens with one attached hydrogen (secondary N) is 1.